The fourth-order valence-electron chi connectivity index (χ4n) is 6.21. The van der Waals surface area contributed by atoms with Gasteiger partial charge in [-0.2, -0.15) is 0 Å². The minimum atomic E-state index is -0.138. The largest absolute Gasteiger partial charge is 0.325 e. The van der Waals surface area contributed by atoms with E-state index in [4.69, 9.17) is 23.2 Å². The molecule has 7 heteroatoms. The molecule has 5 nitrogen and oxygen atoms in total. The molecule has 2 bridgehead atoms. The first-order valence-electron chi connectivity index (χ1n) is 10.6. The van der Waals surface area contributed by atoms with Crippen LogP contribution in [0.3, 0.4) is 0 Å². The Morgan fingerprint density at radius 2 is 1.55 bits per heavy atom. The van der Waals surface area contributed by atoms with E-state index in [0.29, 0.717) is 53.3 Å². The van der Waals surface area contributed by atoms with E-state index in [9.17, 15) is 14.4 Å². The molecule has 1 aliphatic heterocycles. The van der Waals surface area contributed by atoms with E-state index >= 15 is 0 Å². The number of rotatable bonds is 3. The molecule has 1 aromatic carbocycles. The molecule has 1 aromatic rings. The molecule has 3 aliphatic carbocycles. The summed E-state index contributed by atoms with van der Waals surface area (Å²) in [5.74, 6) is 0.628. The zero-order chi connectivity index (χ0) is 20.3. The normalized spacial score (nSPS) is 35.9. The summed E-state index contributed by atoms with van der Waals surface area (Å²) < 4.78 is 0. The Balaban J connectivity index is 1.21. The van der Waals surface area contributed by atoms with Crippen LogP contribution in [0.1, 0.15) is 44.9 Å². The van der Waals surface area contributed by atoms with Crippen molar-refractivity contribution in [2.75, 3.05) is 5.32 Å². The zero-order valence-electron chi connectivity index (χ0n) is 16.1. The van der Waals surface area contributed by atoms with Crippen molar-refractivity contribution in [2.24, 2.45) is 29.6 Å². The summed E-state index contributed by atoms with van der Waals surface area (Å²) in [6.45, 7) is 0. The number of amides is 3. The summed E-state index contributed by atoms with van der Waals surface area (Å²) in [4.78, 5) is 40.3. The van der Waals surface area contributed by atoms with Crippen LogP contribution in [-0.2, 0) is 14.4 Å². The van der Waals surface area contributed by atoms with Crippen LogP contribution in [0.15, 0.2) is 18.2 Å². The maximum absolute atomic E-state index is 13.0. The first-order chi connectivity index (χ1) is 13.9. The predicted molar refractivity (Wildman–Crippen MR) is 111 cm³/mol. The van der Waals surface area contributed by atoms with Crippen LogP contribution in [0.2, 0.25) is 10.0 Å². The summed E-state index contributed by atoms with van der Waals surface area (Å²) in [5.41, 5.74) is 0.552. The molecule has 29 heavy (non-hydrogen) atoms. The number of hydrogen-bond acceptors (Lipinski definition) is 3. The van der Waals surface area contributed by atoms with E-state index in [1.54, 1.807) is 23.1 Å². The molecular formula is C22H24Cl2N2O3. The third-order valence-electron chi connectivity index (χ3n) is 7.58. The van der Waals surface area contributed by atoms with Gasteiger partial charge in [0.05, 0.1) is 22.5 Å². The van der Waals surface area contributed by atoms with E-state index in [0.717, 1.165) is 19.3 Å². The second-order valence-corrected chi connectivity index (χ2v) is 9.89. The van der Waals surface area contributed by atoms with Crippen molar-refractivity contribution >= 4 is 46.6 Å². The minimum Gasteiger partial charge on any atom is -0.325 e. The zero-order valence-corrected chi connectivity index (χ0v) is 17.6. The van der Waals surface area contributed by atoms with Gasteiger partial charge in [0.15, 0.2) is 0 Å². The average molecular weight is 435 g/mol. The van der Waals surface area contributed by atoms with Gasteiger partial charge < -0.3 is 5.32 Å². The lowest BCUT2D eigenvalue weighted by molar-refractivity contribution is -0.144. The number of carbonyl (C=O) groups is 3. The van der Waals surface area contributed by atoms with E-state index in [1.807, 2.05) is 0 Å². The maximum atomic E-state index is 13.0. The number of hydrogen-bond donors (Lipinski definition) is 1. The number of fused-ring (bicyclic) bond motifs is 5. The van der Waals surface area contributed by atoms with Gasteiger partial charge in [-0.15, -0.1) is 0 Å². The van der Waals surface area contributed by atoms with Crippen LogP contribution in [0.5, 0.6) is 0 Å². The number of carbonyl (C=O) groups excluding carboxylic acids is 3. The summed E-state index contributed by atoms with van der Waals surface area (Å²) in [6.07, 6.45) is 5.97. The second kappa shape index (κ2) is 7.28. The van der Waals surface area contributed by atoms with Crippen molar-refractivity contribution in [1.29, 1.82) is 0 Å². The van der Waals surface area contributed by atoms with Gasteiger partial charge in [-0.05, 0) is 75.0 Å². The SMILES string of the molecule is O=C(Nc1ccc(Cl)cc1Cl)C1CCC(N2C(=O)[C@H]3[C@H]4CC[C@@H](C4)[C@@H]3C2=O)CC1. The Morgan fingerprint density at radius 3 is 2.14 bits per heavy atom. The molecule has 0 unspecified atom stereocenters. The van der Waals surface area contributed by atoms with E-state index in [-0.39, 0.29) is 41.5 Å². The highest BCUT2D eigenvalue weighted by Crippen LogP contribution is 2.56. The highest BCUT2D eigenvalue weighted by molar-refractivity contribution is 6.36. The van der Waals surface area contributed by atoms with Crippen LogP contribution in [0, 0.1) is 29.6 Å². The molecular weight excluding hydrogens is 411 g/mol. The first-order valence-corrected chi connectivity index (χ1v) is 11.3. The fraction of sp³-hybridized carbons (Fsp3) is 0.591. The highest BCUT2D eigenvalue weighted by atomic mass is 35.5. The number of anilines is 1. The van der Waals surface area contributed by atoms with Crippen molar-refractivity contribution in [3.05, 3.63) is 28.2 Å². The van der Waals surface area contributed by atoms with Crippen molar-refractivity contribution in [3.63, 3.8) is 0 Å². The molecule has 5 rings (SSSR count). The third-order valence-corrected chi connectivity index (χ3v) is 8.13. The van der Waals surface area contributed by atoms with Crippen molar-refractivity contribution in [3.8, 4) is 0 Å². The second-order valence-electron chi connectivity index (χ2n) is 9.05. The summed E-state index contributed by atoms with van der Waals surface area (Å²) >= 11 is 12.1. The molecule has 4 aliphatic rings. The molecule has 3 saturated carbocycles. The van der Waals surface area contributed by atoms with Gasteiger partial charge in [0.1, 0.15) is 0 Å². The summed E-state index contributed by atoms with van der Waals surface area (Å²) in [7, 11) is 0. The molecule has 0 radical (unpaired) electrons. The molecule has 0 spiro atoms. The van der Waals surface area contributed by atoms with Crippen LogP contribution in [0.4, 0.5) is 5.69 Å². The van der Waals surface area contributed by atoms with Gasteiger partial charge in [0.2, 0.25) is 17.7 Å². The topological polar surface area (TPSA) is 66.5 Å². The number of nitrogens with zero attached hydrogens (tertiary/aromatic N) is 1. The number of halogens is 2. The Kier molecular flexibility index (Phi) is 4.86. The lowest BCUT2D eigenvalue weighted by Crippen LogP contribution is -2.44. The summed E-state index contributed by atoms with van der Waals surface area (Å²) in [6, 6.07) is 4.94. The highest BCUT2D eigenvalue weighted by Gasteiger charge is 2.61. The van der Waals surface area contributed by atoms with E-state index in [2.05, 4.69) is 5.32 Å². The van der Waals surface area contributed by atoms with Gasteiger partial charge in [-0.3, -0.25) is 19.3 Å². The number of likely N-dealkylation sites (tertiary alicyclic amines) is 1. The maximum Gasteiger partial charge on any atom is 0.233 e. The lowest BCUT2D eigenvalue weighted by atomic mass is 9.81. The standard InChI is InChI=1S/C22H24Cl2N2O3/c23-14-5-8-17(16(24)10-14)25-20(27)11-3-6-15(7-4-11)26-21(28)18-12-1-2-13(9-12)19(18)22(26)29/h5,8,10-13,15,18-19H,1-4,6-7,9H2,(H,25,27)/t11?,12-,13-,15?,18-,19-/m0/s1. The first kappa shape index (κ1) is 19.4. The Hall–Kier alpha value is -1.59. The van der Waals surface area contributed by atoms with Gasteiger partial charge in [-0.1, -0.05) is 23.2 Å². The van der Waals surface area contributed by atoms with Crippen molar-refractivity contribution in [1.82, 2.24) is 4.90 Å². The Labute approximate surface area is 180 Å². The van der Waals surface area contributed by atoms with Crippen LogP contribution in [0.25, 0.3) is 0 Å². The van der Waals surface area contributed by atoms with Gasteiger partial charge >= 0.3 is 0 Å². The number of imide groups is 1. The predicted octanol–water partition coefficient (Wildman–Crippen LogP) is 4.52. The van der Waals surface area contributed by atoms with E-state index in [1.165, 1.54) is 0 Å². The minimum absolute atomic E-state index is 0.0526. The van der Waals surface area contributed by atoms with Crippen LogP contribution < -0.4 is 5.32 Å². The van der Waals surface area contributed by atoms with Gasteiger partial charge in [0.25, 0.3) is 0 Å². The van der Waals surface area contributed by atoms with Crippen molar-refractivity contribution in [2.45, 2.75) is 51.0 Å². The average Bonchev–Trinajstić information content (AvgIpc) is 3.38. The quantitative estimate of drug-likeness (QED) is 0.710. The monoisotopic (exact) mass is 434 g/mol. The third kappa shape index (κ3) is 3.17. The van der Waals surface area contributed by atoms with Gasteiger partial charge in [-0.25, -0.2) is 0 Å². The van der Waals surface area contributed by atoms with Crippen LogP contribution in [-0.4, -0.2) is 28.7 Å². The Bertz CT molecular complexity index is 853. The molecule has 0 aromatic heterocycles. The molecule has 1 saturated heterocycles. The molecule has 1 N–H and O–H groups in total. The number of nitrogens with one attached hydrogen (secondary N) is 1. The molecule has 154 valence electrons. The molecule has 4 fully saturated rings. The fourth-order valence-corrected chi connectivity index (χ4v) is 6.67. The summed E-state index contributed by atoms with van der Waals surface area (Å²) in [5, 5.41) is 3.82. The smallest absolute Gasteiger partial charge is 0.233 e. The van der Waals surface area contributed by atoms with E-state index < -0.39 is 0 Å². The van der Waals surface area contributed by atoms with Crippen molar-refractivity contribution < 1.29 is 14.4 Å². The molecule has 3 amide bonds. The lowest BCUT2D eigenvalue weighted by Gasteiger charge is -2.33. The number of benzene rings is 1. The Morgan fingerprint density at radius 1 is 0.931 bits per heavy atom. The molecule has 4 atom stereocenters. The van der Waals surface area contributed by atoms with Crippen LogP contribution >= 0.6 is 23.2 Å². The van der Waals surface area contributed by atoms with Gasteiger partial charge in [0, 0.05) is 17.0 Å². The molecule has 1 heterocycles.